The maximum absolute atomic E-state index is 8.32. The van der Waals surface area contributed by atoms with Gasteiger partial charge >= 0.3 is 0 Å². The Morgan fingerprint density at radius 2 is 1.91 bits per heavy atom. The van der Waals surface area contributed by atoms with E-state index in [2.05, 4.69) is 0 Å². The van der Waals surface area contributed by atoms with Gasteiger partial charge < -0.3 is 4.90 Å². The lowest BCUT2D eigenvalue weighted by molar-refractivity contribution is 0.513. The highest BCUT2D eigenvalue weighted by Crippen LogP contribution is 2.02. The Morgan fingerprint density at radius 3 is 2.27 bits per heavy atom. The molecule has 0 aromatic heterocycles. The molecular weight excluding hydrogens is 136 g/mol. The zero-order chi connectivity index (χ0) is 8.85. The summed E-state index contributed by atoms with van der Waals surface area (Å²) in [4.78, 5) is 2.01. The number of hydrogen-bond acceptors (Lipinski definition) is 2. The van der Waals surface area contributed by atoms with Gasteiger partial charge in [-0.15, -0.1) is 0 Å². The van der Waals surface area contributed by atoms with Crippen molar-refractivity contribution < 1.29 is 0 Å². The van der Waals surface area contributed by atoms with E-state index in [1.165, 1.54) is 6.08 Å². The summed E-state index contributed by atoms with van der Waals surface area (Å²) in [6, 6.07) is 1.99. The van der Waals surface area contributed by atoms with Crippen LogP contribution in [0, 0.1) is 11.3 Å². The highest BCUT2D eigenvalue weighted by atomic mass is 15.1. The van der Waals surface area contributed by atoms with Crippen LogP contribution in [0.2, 0.25) is 0 Å². The number of rotatable bonds is 2. The second-order valence-corrected chi connectivity index (χ2v) is 2.70. The van der Waals surface area contributed by atoms with Crippen molar-refractivity contribution in [3.05, 3.63) is 23.4 Å². The molecule has 2 heteroatoms. The number of allylic oxidation sites excluding steroid dienone is 4. The molecule has 0 rings (SSSR count). The molecule has 0 N–H and O–H groups in total. The third-order valence-electron chi connectivity index (χ3n) is 1.43. The fourth-order valence-electron chi connectivity index (χ4n) is 0.602. The predicted molar refractivity (Wildman–Crippen MR) is 46.8 cm³/mol. The second-order valence-electron chi connectivity index (χ2n) is 2.70. The van der Waals surface area contributed by atoms with E-state index in [0.29, 0.717) is 0 Å². The van der Waals surface area contributed by atoms with Crippen LogP contribution in [0.1, 0.15) is 13.8 Å². The molecule has 0 aromatic rings. The summed E-state index contributed by atoms with van der Waals surface area (Å²) >= 11 is 0. The molecule has 0 atom stereocenters. The van der Waals surface area contributed by atoms with Crippen LogP contribution >= 0.6 is 0 Å². The molecule has 0 saturated heterocycles. The summed E-state index contributed by atoms with van der Waals surface area (Å²) in [6.07, 6.45) is 3.51. The van der Waals surface area contributed by atoms with Gasteiger partial charge in [0, 0.05) is 25.9 Å². The lowest BCUT2D eigenvalue weighted by Gasteiger charge is -2.11. The van der Waals surface area contributed by atoms with Crippen LogP contribution in [0.5, 0.6) is 0 Å². The molecule has 0 aliphatic heterocycles. The Bertz CT molecular complexity index is 216. The van der Waals surface area contributed by atoms with Crippen LogP contribution in [0.3, 0.4) is 0 Å². The lowest BCUT2D eigenvalue weighted by atomic mass is 10.2. The van der Waals surface area contributed by atoms with Crippen molar-refractivity contribution in [3.8, 4) is 6.07 Å². The molecule has 0 aliphatic carbocycles. The Hall–Kier alpha value is -1.23. The average Bonchev–Trinajstić information content (AvgIpc) is 1.87. The molecule has 2 nitrogen and oxygen atoms in total. The van der Waals surface area contributed by atoms with Gasteiger partial charge in [-0.1, -0.05) is 0 Å². The molecule has 0 spiro atoms. The first-order valence-corrected chi connectivity index (χ1v) is 3.50. The van der Waals surface area contributed by atoms with Gasteiger partial charge in [0.2, 0.25) is 0 Å². The fraction of sp³-hybridized carbons (Fsp3) is 0.444. The maximum Gasteiger partial charge on any atom is 0.0914 e. The van der Waals surface area contributed by atoms with Crippen molar-refractivity contribution in [2.45, 2.75) is 13.8 Å². The summed E-state index contributed by atoms with van der Waals surface area (Å²) in [5.41, 5.74) is 2.13. The molecule has 0 aliphatic rings. The van der Waals surface area contributed by atoms with E-state index in [1.54, 1.807) is 0 Å². The molecule has 0 fully saturated rings. The Balaban J connectivity index is 4.34. The molecule has 0 radical (unpaired) electrons. The quantitative estimate of drug-likeness (QED) is 0.444. The Kier molecular flexibility index (Phi) is 4.05. The highest BCUT2D eigenvalue weighted by Gasteiger charge is 1.90. The van der Waals surface area contributed by atoms with Gasteiger partial charge in [0.25, 0.3) is 0 Å². The second kappa shape index (κ2) is 4.56. The molecule has 0 unspecified atom stereocenters. The maximum atomic E-state index is 8.32. The molecule has 0 aromatic carbocycles. The van der Waals surface area contributed by atoms with Gasteiger partial charge in [-0.25, -0.2) is 0 Å². The van der Waals surface area contributed by atoms with Gasteiger partial charge in [-0.05, 0) is 25.5 Å². The monoisotopic (exact) mass is 150 g/mol. The Labute approximate surface area is 68.4 Å². The van der Waals surface area contributed by atoms with Crippen LogP contribution in [0.4, 0.5) is 0 Å². The minimum absolute atomic E-state index is 0.985. The van der Waals surface area contributed by atoms with Gasteiger partial charge in [0.1, 0.15) is 0 Å². The minimum Gasteiger partial charge on any atom is -0.381 e. The minimum atomic E-state index is 0.985. The zero-order valence-corrected chi connectivity index (χ0v) is 7.55. The van der Waals surface area contributed by atoms with E-state index in [4.69, 9.17) is 5.26 Å². The molecule has 0 heterocycles. The van der Waals surface area contributed by atoms with E-state index >= 15 is 0 Å². The van der Waals surface area contributed by atoms with Crippen LogP contribution in [-0.4, -0.2) is 19.0 Å². The Morgan fingerprint density at radius 1 is 1.36 bits per heavy atom. The van der Waals surface area contributed by atoms with Crippen LogP contribution in [0.25, 0.3) is 0 Å². The molecular formula is C9H14N2. The van der Waals surface area contributed by atoms with Crippen LogP contribution in [-0.2, 0) is 0 Å². The largest absolute Gasteiger partial charge is 0.381 e. The van der Waals surface area contributed by atoms with Crippen molar-refractivity contribution in [1.82, 2.24) is 4.90 Å². The van der Waals surface area contributed by atoms with E-state index in [9.17, 15) is 0 Å². The van der Waals surface area contributed by atoms with Crippen molar-refractivity contribution in [2.24, 2.45) is 0 Å². The smallest absolute Gasteiger partial charge is 0.0914 e. The van der Waals surface area contributed by atoms with E-state index in [0.717, 1.165) is 11.3 Å². The normalized spacial score (nSPS) is 12.6. The summed E-state index contributed by atoms with van der Waals surface area (Å²) in [5.74, 6) is 0. The first kappa shape index (κ1) is 9.77. The van der Waals surface area contributed by atoms with Gasteiger partial charge in [0.15, 0.2) is 0 Å². The molecule has 0 bridgehead atoms. The van der Waals surface area contributed by atoms with E-state index in [-0.39, 0.29) is 0 Å². The van der Waals surface area contributed by atoms with E-state index < -0.39 is 0 Å². The third-order valence-corrected chi connectivity index (χ3v) is 1.43. The number of hydrogen-bond donors (Lipinski definition) is 0. The first-order chi connectivity index (χ1) is 5.07. The fourth-order valence-corrected chi connectivity index (χ4v) is 0.602. The third kappa shape index (κ3) is 4.21. The summed E-state index contributed by atoms with van der Waals surface area (Å²) in [7, 11) is 3.96. The SMILES string of the molecule is CC(=C/C#N)/C=C(\C)N(C)C. The first-order valence-electron chi connectivity index (χ1n) is 3.50. The van der Waals surface area contributed by atoms with Crippen molar-refractivity contribution in [1.29, 1.82) is 5.26 Å². The van der Waals surface area contributed by atoms with Crippen molar-refractivity contribution >= 4 is 0 Å². The number of nitriles is 1. The van der Waals surface area contributed by atoms with Crippen LogP contribution < -0.4 is 0 Å². The van der Waals surface area contributed by atoms with Crippen LogP contribution in [0.15, 0.2) is 23.4 Å². The average molecular weight is 150 g/mol. The standard InChI is InChI=1S/C9H14N2/c1-8(5-6-10)7-9(2)11(3)4/h5,7H,1-4H3/b8-5-,9-7+. The summed E-state index contributed by atoms with van der Waals surface area (Å²) in [5, 5.41) is 8.32. The predicted octanol–water partition coefficient (Wildman–Crippen LogP) is 1.92. The van der Waals surface area contributed by atoms with Crippen molar-refractivity contribution in [2.75, 3.05) is 14.1 Å². The summed E-state index contributed by atoms with van der Waals surface area (Å²) < 4.78 is 0. The van der Waals surface area contributed by atoms with Gasteiger partial charge in [0.05, 0.1) is 6.07 Å². The van der Waals surface area contributed by atoms with E-state index in [1.807, 2.05) is 45.0 Å². The highest BCUT2D eigenvalue weighted by molar-refractivity contribution is 5.24. The molecule has 60 valence electrons. The summed E-state index contributed by atoms with van der Waals surface area (Å²) in [6.45, 7) is 3.92. The van der Waals surface area contributed by atoms with Crippen molar-refractivity contribution in [3.63, 3.8) is 0 Å². The lowest BCUT2D eigenvalue weighted by Crippen LogP contribution is -2.07. The molecule has 11 heavy (non-hydrogen) atoms. The number of nitrogens with zero attached hydrogens (tertiary/aromatic N) is 2. The van der Waals surface area contributed by atoms with Gasteiger partial charge in [-0.3, -0.25) is 0 Å². The zero-order valence-electron chi connectivity index (χ0n) is 7.55. The molecule has 0 saturated carbocycles. The van der Waals surface area contributed by atoms with Gasteiger partial charge in [-0.2, -0.15) is 5.26 Å². The topological polar surface area (TPSA) is 27.0 Å². The molecule has 0 amide bonds.